The van der Waals surface area contributed by atoms with E-state index in [4.69, 9.17) is 4.74 Å². The monoisotopic (exact) mass is 256 g/mol. The van der Waals surface area contributed by atoms with Crippen LogP contribution in [0.4, 0.5) is 0 Å². The number of ether oxygens (including phenoxy) is 1. The van der Waals surface area contributed by atoms with Gasteiger partial charge >= 0.3 is 0 Å². The second-order valence-electron chi connectivity index (χ2n) is 5.72. The molecular formula is C15H32N2O. The van der Waals surface area contributed by atoms with Gasteiger partial charge in [-0.3, -0.25) is 4.90 Å². The third kappa shape index (κ3) is 5.68. The molecule has 2 unspecified atom stereocenters. The Morgan fingerprint density at radius 3 is 2.72 bits per heavy atom. The van der Waals surface area contributed by atoms with E-state index in [0.29, 0.717) is 18.2 Å². The summed E-state index contributed by atoms with van der Waals surface area (Å²) in [5, 5.41) is 3.59. The van der Waals surface area contributed by atoms with E-state index < -0.39 is 0 Å². The van der Waals surface area contributed by atoms with Gasteiger partial charge in [0.1, 0.15) is 0 Å². The van der Waals surface area contributed by atoms with Crippen LogP contribution in [0.5, 0.6) is 0 Å². The molecule has 0 aromatic carbocycles. The molecule has 2 atom stereocenters. The van der Waals surface area contributed by atoms with Gasteiger partial charge in [-0.15, -0.1) is 0 Å². The van der Waals surface area contributed by atoms with Gasteiger partial charge in [0, 0.05) is 31.8 Å². The minimum Gasteiger partial charge on any atom is -0.377 e. The van der Waals surface area contributed by atoms with Gasteiger partial charge in [0.15, 0.2) is 0 Å². The van der Waals surface area contributed by atoms with E-state index in [-0.39, 0.29) is 0 Å². The number of hydrogen-bond donors (Lipinski definition) is 1. The van der Waals surface area contributed by atoms with Crippen LogP contribution < -0.4 is 5.32 Å². The molecule has 1 N–H and O–H groups in total. The molecule has 1 fully saturated rings. The van der Waals surface area contributed by atoms with E-state index >= 15 is 0 Å². The molecule has 108 valence electrons. The Bertz CT molecular complexity index is 207. The van der Waals surface area contributed by atoms with Gasteiger partial charge in [0.2, 0.25) is 0 Å². The van der Waals surface area contributed by atoms with Crippen molar-refractivity contribution in [2.24, 2.45) is 0 Å². The standard InChI is InChI=1S/C15H32N2O/c1-5-8-14(11-16-13(3)4)17-10-7-9-15(12-17)18-6-2/h13-16H,5-12H2,1-4H3. The van der Waals surface area contributed by atoms with Crippen LogP contribution in [0.2, 0.25) is 0 Å². The number of likely N-dealkylation sites (tertiary alicyclic amines) is 1. The van der Waals surface area contributed by atoms with Crippen LogP contribution in [0.15, 0.2) is 0 Å². The summed E-state index contributed by atoms with van der Waals surface area (Å²) in [6.07, 6.45) is 5.54. The first kappa shape index (κ1) is 15.9. The van der Waals surface area contributed by atoms with Crippen LogP contribution in [-0.2, 0) is 4.74 Å². The highest BCUT2D eigenvalue weighted by atomic mass is 16.5. The van der Waals surface area contributed by atoms with Crippen molar-refractivity contribution in [2.75, 3.05) is 26.2 Å². The Balaban J connectivity index is 2.44. The fourth-order valence-electron chi connectivity index (χ4n) is 2.79. The molecule has 3 nitrogen and oxygen atoms in total. The maximum atomic E-state index is 5.80. The first-order valence-electron chi connectivity index (χ1n) is 7.76. The fraction of sp³-hybridized carbons (Fsp3) is 1.00. The lowest BCUT2D eigenvalue weighted by Gasteiger charge is -2.38. The molecule has 1 saturated heterocycles. The van der Waals surface area contributed by atoms with Crippen LogP contribution >= 0.6 is 0 Å². The van der Waals surface area contributed by atoms with Gasteiger partial charge in [-0.2, -0.15) is 0 Å². The molecule has 1 aliphatic rings. The summed E-state index contributed by atoms with van der Waals surface area (Å²) in [7, 11) is 0. The van der Waals surface area contributed by atoms with E-state index in [1.807, 2.05) is 0 Å². The third-order valence-electron chi connectivity index (χ3n) is 3.71. The molecule has 1 rings (SSSR count). The van der Waals surface area contributed by atoms with E-state index in [9.17, 15) is 0 Å². The van der Waals surface area contributed by atoms with E-state index in [2.05, 4.69) is 37.9 Å². The van der Waals surface area contributed by atoms with Crippen molar-refractivity contribution in [3.63, 3.8) is 0 Å². The van der Waals surface area contributed by atoms with Crippen molar-refractivity contribution in [3.8, 4) is 0 Å². The molecule has 1 aliphatic heterocycles. The van der Waals surface area contributed by atoms with Crippen LogP contribution in [0.1, 0.15) is 53.4 Å². The van der Waals surface area contributed by atoms with E-state index in [1.165, 1.54) is 32.2 Å². The minimum absolute atomic E-state index is 0.460. The van der Waals surface area contributed by atoms with E-state index in [0.717, 1.165) is 19.7 Å². The highest BCUT2D eigenvalue weighted by molar-refractivity contribution is 4.81. The van der Waals surface area contributed by atoms with Crippen LogP contribution in [0.25, 0.3) is 0 Å². The molecule has 0 amide bonds. The van der Waals surface area contributed by atoms with Crippen molar-refractivity contribution in [1.29, 1.82) is 0 Å². The van der Waals surface area contributed by atoms with Crippen molar-refractivity contribution >= 4 is 0 Å². The number of nitrogens with one attached hydrogen (secondary N) is 1. The zero-order valence-electron chi connectivity index (χ0n) is 12.7. The van der Waals surface area contributed by atoms with Gasteiger partial charge in [0.05, 0.1) is 6.10 Å². The second kappa shape index (κ2) is 8.89. The average molecular weight is 256 g/mol. The molecule has 0 radical (unpaired) electrons. The summed E-state index contributed by atoms with van der Waals surface area (Å²) < 4.78 is 5.80. The van der Waals surface area contributed by atoms with Crippen molar-refractivity contribution in [1.82, 2.24) is 10.2 Å². The SMILES string of the molecule is CCCC(CNC(C)C)N1CCCC(OCC)C1. The minimum atomic E-state index is 0.460. The fourth-order valence-corrected chi connectivity index (χ4v) is 2.79. The molecule has 0 aromatic rings. The lowest BCUT2D eigenvalue weighted by molar-refractivity contribution is -0.00862. The molecule has 3 heteroatoms. The van der Waals surface area contributed by atoms with Crippen LogP contribution in [0, 0.1) is 0 Å². The predicted molar refractivity (Wildman–Crippen MR) is 78.1 cm³/mol. The molecule has 0 bridgehead atoms. The first-order chi connectivity index (χ1) is 8.67. The quantitative estimate of drug-likeness (QED) is 0.722. The summed E-state index contributed by atoms with van der Waals surface area (Å²) in [5.41, 5.74) is 0. The highest BCUT2D eigenvalue weighted by Crippen LogP contribution is 2.18. The molecular weight excluding hydrogens is 224 g/mol. The largest absolute Gasteiger partial charge is 0.377 e. The second-order valence-corrected chi connectivity index (χ2v) is 5.72. The van der Waals surface area contributed by atoms with Gasteiger partial charge in [0.25, 0.3) is 0 Å². The Hall–Kier alpha value is -0.120. The zero-order valence-corrected chi connectivity index (χ0v) is 12.7. The van der Waals surface area contributed by atoms with Gasteiger partial charge < -0.3 is 10.1 Å². The Labute approximate surface area is 113 Å². The Morgan fingerprint density at radius 2 is 2.11 bits per heavy atom. The summed E-state index contributed by atoms with van der Waals surface area (Å²) in [6.45, 7) is 13.2. The summed E-state index contributed by atoms with van der Waals surface area (Å²) >= 11 is 0. The third-order valence-corrected chi connectivity index (χ3v) is 3.71. The van der Waals surface area contributed by atoms with Crippen molar-refractivity contribution < 1.29 is 4.74 Å². The van der Waals surface area contributed by atoms with E-state index in [1.54, 1.807) is 0 Å². The lowest BCUT2D eigenvalue weighted by atomic mass is 10.0. The molecule has 0 spiro atoms. The maximum absolute atomic E-state index is 5.80. The predicted octanol–water partition coefficient (Wildman–Crippen LogP) is 2.65. The van der Waals surface area contributed by atoms with Crippen molar-refractivity contribution in [2.45, 2.75) is 71.6 Å². The van der Waals surface area contributed by atoms with Crippen molar-refractivity contribution in [3.05, 3.63) is 0 Å². The first-order valence-corrected chi connectivity index (χ1v) is 7.76. The number of piperidine rings is 1. The number of nitrogens with zero attached hydrogens (tertiary/aromatic N) is 1. The lowest BCUT2D eigenvalue weighted by Crippen LogP contribution is -2.50. The summed E-state index contributed by atoms with van der Waals surface area (Å²) in [4.78, 5) is 2.64. The van der Waals surface area contributed by atoms with Crippen LogP contribution in [0.3, 0.4) is 0 Å². The average Bonchev–Trinajstić information content (AvgIpc) is 2.35. The Kier molecular flexibility index (Phi) is 7.87. The van der Waals surface area contributed by atoms with Gasteiger partial charge in [-0.1, -0.05) is 27.2 Å². The molecule has 1 heterocycles. The molecule has 0 aliphatic carbocycles. The summed E-state index contributed by atoms with van der Waals surface area (Å²) in [6, 6.07) is 1.26. The Morgan fingerprint density at radius 1 is 1.33 bits per heavy atom. The van der Waals surface area contributed by atoms with Crippen LogP contribution in [-0.4, -0.2) is 49.3 Å². The molecule has 0 saturated carbocycles. The van der Waals surface area contributed by atoms with Gasteiger partial charge in [-0.05, 0) is 32.7 Å². The van der Waals surface area contributed by atoms with Gasteiger partial charge in [-0.25, -0.2) is 0 Å². The smallest absolute Gasteiger partial charge is 0.0702 e. The maximum Gasteiger partial charge on any atom is 0.0702 e. The number of hydrogen-bond acceptors (Lipinski definition) is 3. The highest BCUT2D eigenvalue weighted by Gasteiger charge is 2.25. The zero-order chi connectivity index (χ0) is 13.4. The molecule has 0 aromatic heterocycles. The topological polar surface area (TPSA) is 24.5 Å². The number of rotatable bonds is 8. The normalized spacial score (nSPS) is 23.5. The molecule has 18 heavy (non-hydrogen) atoms. The summed E-state index contributed by atoms with van der Waals surface area (Å²) in [5.74, 6) is 0.